The van der Waals surface area contributed by atoms with Crippen LogP contribution < -0.4 is 0 Å². The van der Waals surface area contributed by atoms with Gasteiger partial charge in [0.1, 0.15) is 11.4 Å². The smallest absolute Gasteiger partial charge is 0.228 e. The fraction of sp³-hybridized carbons (Fsp3) is 0.235. The molecule has 5 heteroatoms. The molecular weight excluding hydrogens is 280 g/mol. The molecule has 1 aliphatic carbocycles. The number of carbonyl (C=O) groups excluding carboxylic acids is 1. The third kappa shape index (κ3) is 2.24. The predicted molar refractivity (Wildman–Crippen MR) is 82.7 cm³/mol. The molecule has 1 aromatic carbocycles. The van der Waals surface area contributed by atoms with Gasteiger partial charge in [-0.05, 0) is 6.92 Å². The van der Waals surface area contributed by atoms with Gasteiger partial charge < -0.3 is 9.26 Å². The molecule has 1 aromatic heterocycles. The third-order valence-corrected chi connectivity index (χ3v) is 3.61. The molecule has 5 nitrogen and oxygen atoms in total. The molecule has 0 spiro atoms. The minimum Gasteiger partial charge on any atom is -0.493 e. The van der Waals surface area contributed by atoms with Gasteiger partial charge in [0.05, 0.1) is 12.8 Å². The van der Waals surface area contributed by atoms with Crippen LogP contribution >= 0.6 is 0 Å². The van der Waals surface area contributed by atoms with E-state index in [1.54, 1.807) is 12.1 Å². The zero-order chi connectivity index (χ0) is 15.7. The molecule has 2 aromatic rings. The van der Waals surface area contributed by atoms with Crippen molar-refractivity contribution < 1.29 is 14.1 Å². The summed E-state index contributed by atoms with van der Waals surface area (Å²) in [6.07, 6.45) is 2.37. The van der Waals surface area contributed by atoms with Gasteiger partial charge in [-0.15, -0.1) is 0 Å². The van der Waals surface area contributed by atoms with E-state index in [1.165, 1.54) is 7.11 Å². The van der Waals surface area contributed by atoms with Gasteiger partial charge in [-0.2, -0.15) is 0 Å². The van der Waals surface area contributed by atoms with E-state index in [1.807, 2.05) is 32.0 Å². The van der Waals surface area contributed by atoms with Crippen LogP contribution in [-0.4, -0.2) is 23.8 Å². The fourth-order valence-corrected chi connectivity index (χ4v) is 2.46. The van der Waals surface area contributed by atoms with E-state index < -0.39 is 0 Å². The molecular formula is C17H16N2O3. The molecule has 1 heterocycles. The van der Waals surface area contributed by atoms with Crippen molar-refractivity contribution in [2.75, 3.05) is 7.11 Å². The predicted octanol–water partition coefficient (Wildman–Crippen LogP) is 3.39. The number of aromatic nitrogens is 1. The van der Waals surface area contributed by atoms with Gasteiger partial charge in [0.15, 0.2) is 11.5 Å². The second-order valence-corrected chi connectivity index (χ2v) is 4.98. The first kappa shape index (κ1) is 14.3. The lowest BCUT2D eigenvalue weighted by molar-refractivity contribution is 0.0952. The number of aryl methyl sites for hydroxylation is 2. The number of Topliss-reactive ketones (excluding diaryl/α,β-unsaturated/α-hetero) is 1. The van der Waals surface area contributed by atoms with Crippen LogP contribution in [0.25, 0.3) is 0 Å². The van der Waals surface area contributed by atoms with Crippen molar-refractivity contribution >= 4 is 17.2 Å². The van der Waals surface area contributed by atoms with Crippen LogP contribution in [0.1, 0.15) is 34.3 Å². The summed E-state index contributed by atoms with van der Waals surface area (Å²) in [7, 11) is 1.48. The molecule has 0 unspecified atom stereocenters. The number of nitrogens with zero attached hydrogens (tertiary/aromatic N) is 2. The van der Waals surface area contributed by atoms with Crippen molar-refractivity contribution in [2.24, 2.45) is 4.99 Å². The van der Waals surface area contributed by atoms with Crippen LogP contribution in [0.2, 0.25) is 0 Å². The van der Waals surface area contributed by atoms with E-state index in [9.17, 15) is 4.79 Å². The zero-order valence-corrected chi connectivity index (χ0v) is 12.7. The Morgan fingerprint density at radius 3 is 2.68 bits per heavy atom. The largest absolute Gasteiger partial charge is 0.493 e. The molecule has 0 bridgehead atoms. The lowest BCUT2D eigenvalue weighted by atomic mass is 9.93. The number of hydrogen-bond acceptors (Lipinski definition) is 5. The van der Waals surface area contributed by atoms with Gasteiger partial charge in [0.25, 0.3) is 0 Å². The molecule has 112 valence electrons. The first-order valence-corrected chi connectivity index (χ1v) is 7.09. The lowest BCUT2D eigenvalue weighted by Crippen LogP contribution is -2.18. The zero-order valence-electron chi connectivity index (χ0n) is 12.7. The van der Waals surface area contributed by atoms with Crippen LogP contribution in [0.15, 0.2) is 45.6 Å². The highest BCUT2D eigenvalue weighted by Crippen LogP contribution is 2.28. The third-order valence-electron chi connectivity index (χ3n) is 3.61. The number of ether oxygens (including phenoxy) is 1. The van der Waals surface area contributed by atoms with E-state index in [2.05, 4.69) is 10.1 Å². The van der Waals surface area contributed by atoms with Gasteiger partial charge >= 0.3 is 0 Å². The summed E-state index contributed by atoms with van der Waals surface area (Å²) in [5.41, 5.74) is 3.50. The number of fused-ring (bicyclic) bond motifs is 1. The number of benzene rings is 1. The van der Waals surface area contributed by atoms with E-state index >= 15 is 0 Å². The Hall–Kier alpha value is -2.69. The number of hydrogen-bond donors (Lipinski definition) is 0. The lowest BCUT2D eigenvalue weighted by Gasteiger charge is -2.16. The van der Waals surface area contributed by atoms with Crippen LogP contribution in [0, 0.1) is 6.92 Å². The SMILES string of the molecule is CCc1onc(C)c1N=C1C=C(OC)C(=O)c2ccccc21. The van der Waals surface area contributed by atoms with Gasteiger partial charge in [-0.25, -0.2) is 4.99 Å². The molecule has 0 saturated heterocycles. The van der Waals surface area contributed by atoms with Crippen LogP contribution in [-0.2, 0) is 11.2 Å². The molecule has 0 aliphatic heterocycles. The van der Waals surface area contributed by atoms with Crippen molar-refractivity contribution in [1.29, 1.82) is 0 Å². The van der Waals surface area contributed by atoms with E-state index in [-0.39, 0.29) is 11.5 Å². The van der Waals surface area contributed by atoms with Gasteiger partial charge in [0.2, 0.25) is 5.78 Å². The molecule has 22 heavy (non-hydrogen) atoms. The number of rotatable bonds is 3. The Kier molecular flexibility index (Phi) is 3.63. The van der Waals surface area contributed by atoms with E-state index in [0.29, 0.717) is 23.4 Å². The minimum atomic E-state index is -0.130. The average molecular weight is 296 g/mol. The molecule has 0 radical (unpaired) electrons. The maximum absolute atomic E-state index is 12.3. The number of allylic oxidation sites excluding steroid dienone is 2. The highest BCUT2D eigenvalue weighted by Gasteiger charge is 2.25. The summed E-state index contributed by atoms with van der Waals surface area (Å²) >= 11 is 0. The molecule has 1 aliphatic rings. The summed E-state index contributed by atoms with van der Waals surface area (Å²) < 4.78 is 10.5. The standard InChI is InChI=1S/C17H16N2O3/c1-4-14-16(10(2)19-22-14)18-13-9-15(21-3)17(20)12-8-6-5-7-11(12)13/h5-9H,4H2,1-3H3. The van der Waals surface area contributed by atoms with Crippen molar-refractivity contribution in [3.8, 4) is 0 Å². The van der Waals surface area contributed by atoms with Gasteiger partial charge in [-0.1, -0.05) is 36.3 Å². The van der Waals surface area contributed by atoms with Crippen molar-refractivity contribution in [2.45, 2.75) is 20.3 Å². The highest BCUT2D eigenvalue weighted by atomic mass is 16.5. The highest BCUT2D eigenvalue weighted by molar-refractivity contribution is 6.25. The molecule has 0 fully saturated rings. The van der Waals surface area contributed by atoms with Gasteiger partial charge in [0, 0.05) is 23.6 Å². The molecule has 0 amide bonds. The van der Waals surface area contributed by atoms with Crippen molar-refractivity contribution in [3.05, 3.63) is 58.7 Å². The van der Waals surface area contributed by atoms with Crippen molar-refractivity contribution in [1.82, 2.24) is 5.16 Å². The number of carbonyl (C=O) groups is 1. The number of ketones is 1. The fourth-order valence-electron chi connectivity index (χ4n) is 2.46. The Bertz CT molecular complexity index is 800. The van der Waals surface area contributed by atoms with Crippen LogP contribution in [0.4, 0.5) is 5.69 Å². The quantitative estimate of drug-likeness (QED) is 0.870. The Balaban J connectivity index is 2.20. The Morgan fingerprint density at radius 1 is 1.27 bits per heavy atom. The molecule has 0 saturated carbocycles. The van der Waals surface area contributed by atoms with Crippen molar-refractivity contribution in [3.63, 3.8) is 0 Å². The van der Waals surface area contributed by atoms with Crippen LogP contribution in [0.5, 0.6) is 0 Å². The van der Waals surface area contributed by atoms with Gasteiger partial charge in [-0.3, -0.25) is 4.79 Å². The second kappa shape index (κ2) is 5.60. The summed E-state index contributed by atoms with van der Waals surface area (Å²) in [6.45, 7) is 3.83. The normalized spacial score (nSPS) is 15.7. The average Bonchev–Trinajstić information content (AvgIpc) is 2.90. The number of methoxy groups -OCH3 is 1. The van der Waals surface area contributed by atoms with E-state index in [4.69, 9.17) is 9.26 Å². The molecule has 3 rings (SSSR count). The summed E-state index contributed by atoms with van der Waals surface area (Å²) in [5.74, 6) is 0.881. The number of aliphatic imine (C=N–C) groups is 1. The summed E-state index contributed by atoms with van der Waals surface area (Å²) in [4.78, 5) is 17.0. The molecule has 0 N–H and O–H groups in total. The maximum atomic E-state index is 12.3. The second-order valence-electron chi connectivity index (χ2n) is 4.98. The van der Waals surface area contributed by atoms with E-state index in [0.717, 1.165) is 17.0 Å². The first-order valence-electron chi connectivity index (χ1n) is 7.09. The monoisotopic (exact) mass is 296 g/mol. The Morgan fingerprint density at radius 2 is 2.00 bits per heavy atom. The molecule has 0 atom stereocenters. The van der Waals surface area contributed by atoms with Crippen LogP contribution in [0.3, 0.4) is 0 Å². The Labute approximate surface area is 128 Å². The topological polar surface area (TPSA) is 64.7 Å². The first-order chi connectivity index (χ1) is 10.7. The summed E-state index contributed by atoms with van der Waals surface area (Å²) in [6, 6.07) is 7.37. The summed E-state index contributed by atoms with van der Waals surface area (Å²) in [5, 5.41) is 3.96. The minimum absolute atomic E-state index is 0.130. The maximum Gasteiger partial charge on any atom is 0.228 e.